The molecule has 0 aliphatic carbocycles. The van der Waals surface area contributed by atoms with Gasteiger partial charge in [-0.25, -0.2) is 0 Å². The molecule has 1 unspecified atom stereocenters. The van der Waals surface area contributed by atoms with Crippen molar-refractivity contribution in [1.82, 2.24) is 5.32 Å². The Kier molecular flexibility index (Phi) is 7.56. The number of nitrogens with two attached hydrogens (primary N) is 1. The summed E-state index contributed by atoms with van der Waals surface area (Å²) < 4.78 is 0. The maximum Gasteiger partial charge on any atom is 0.207 e. The number of rotatable bonds is 9. The Morgan fingerprint density at radius 3 is 2.52 bits per heavy atom. The van der Waals surface area contributed by atoms with Crippen LogP contribution in [0.15, 0.2) is 36.4 Å². The highest BCUT2D eigenvalue weighted by molar-refractivity contribution is 6.39. The van der Waals surface area contributed by atoms with Crippen molar-refractivity contribution in [1.29, 1.82) is 0 Å². The molecule has 0 radical (unpaired) electrons. The van der Waals surface area contributed by atoms with E-state index in [1.807, 2.05) is 30.3 Å². The number of hydrogen-bond acceptors (Lipinski definition) is 3. The van der Waals surface area contributed by atoms with E-state index < -0.39 is 0 Å². The van der Waals surface area contributed by atoms with Gasteiger partial charge in [-0.3, -0.25) is 10.6 Å². The third-order valence-corrected chi connectivity index (χ3v) is 4.84. The lowest BCUT2D eigenvalue weighted by Crippen LogP contribution is -2.23. The van der Waals surface area contributed by atoms with Crippen LogP contribution in [0.3, 0.4) is 0 Å². The van der Waals surface area contributed by atoms with Gasteiger partial charge in [0.05, 0.1) is 5.69 Å². The number of nitrogen functional groups attached to an aromatic ring is 1. The quantitative estimate of drug-likeness (QED) is 0.337. The molecule has 0 aliphatic heterocycles. The summed E-state index contributed by atoms with van der Waals surface area (Å²) in [6.45, 7) is 2.77. The van der Waals surface area contributed by atoms with Crippen molar-refractivity contribution in [3.8, 4) is 11.1 Å². The van der Waals surface area contributed by atoms with Gasteiger partial charge in [-0.2, -0.15) is 0 Å². The molecule has 2 aromatic carbocycles. The number of hydrogen-bond donors (Lipinski definition) is 3. The maximum atomic E-state index is 10.6. The number of carbonyl (C=O) groups is 1. The first kappa shape index (κ1) is 19.6. The predicted molar refractivity (Wildman–Crippen MR) is 106 cm³/mol. The number of benzene rings is 2. The van der Waals surface area contributed by atoms with Crippen molar-refractivity contribution in [2.75, 3.05) is 12.0 Å². The molecular weight excluding hydrogens is 357 g/mol. The summed E-state index contributed by atoms with van der Waals surface area (Å²) in [7, 11) is 0. The number of halogens is 2. The van der Waals surface area contributed by atoms with Crippen LogP contribution in [0, 0.1) is 5.92 Å². The van der Waals surface area contributed by atoms with Crippen molar-refractivity contribution >= 4 is 35.3 Å². The summed E-state index contributed by atoms with van der Waals surface area (Å²) in [5.74, 6) is 6.01. The second kappa shape index (κ2) is 9.66. The molecule has 0 saturated heterocycles. The van der Waals surface area contributed by atoms with Crippen molar-refractivity contribution < 1.29 is 4.79 Å². The Labute approximate surface area is 158 Å². The first-order valence-electron chi connectivity index (χ1n) is 8.31. The Hall–Kier alpha value is -1.75. The lowest BCUT2D eigenvalue weighted by Gasteiger charge is -2.19. The molecule has 0 aliphatic rings. The van der Waals surface area contributed by atoms with Crippen LogP contribution in [-0.4, -0.2) is 13.0 Å². The summed E-state index contributed by atoms with van der Waals surface area (Å²) in [5.41, 5.74) is 6.44. The van der Waals surface area contributed by atoms with Gasteiger partial charge in [-0.05, 0) is 54.2 Å². The lowest BCUT2D eigenvalue weighted by molar-refractivity contribution is -0.109. The minimum atomic E-state index is 0.333. The van der Waals surface area contributed by atoms with Gasteiger partial charge in [0, 0.05) is 22.2 Å². The molecule has 134 valence electrons. The van der Waals surface area contributed by atoms with E-state index in [1.54, 1.807) is 0 Å². The Morgan fingerprint density at radius 2 is 1.92 bits per heavy atom. The van der Waals surface area contributed by atoms with Crippen molar-refractivity contribution in [2.24, 2.45) is 11.8 Å². The highest BCUT2D eigenvalue weighted by atomic mass is 35.5. The highest BCUT2D eigenvalue weighted by Gasteiger charge is 2.15. The van der Waals surface area contributed by atoms with Crippen LogP contribution in [0.4, 0.5) is 5.69 Å². The molecule has 2 aromatic rings. The number of carbonyl (C=O) groups excluding carboxylic acids is 1. The number of nitrogens with one attached hydrogen (secondary N) is 2. The lowest BCUT2D eigenvalue weighted by atomic mass is 9.92. The Balaban J connectivity index is 2.38. The fraction of sp³-hybridized carbons (Fsp3) is 0.316. The zero-order valence-corrected chi connectivity index (χ0v) is 15.7. The third kappa shape index (κ3) is 5.11. The van der Waals surface area contributed by atoms with E-state index in [-0.39, 0.29) is 0 Å². The summed E-state index contributed by atoms with van der Waals surface area (Å²) in [6, 6.07) is 11.4. The van der Waals surface area contributed by atoms with E-state index in [4.69, 9.17) is 29.0 Å². The molecule has 0 spiro atoms. The second-order valence-corrected chi connectivity index (χ2v) is 6.81. The van der Waals surface area contributed by atoms with Crippen LogP contribution in [0.5, 0.6) is 0 Å². The largest absolute Gasteiger partial charge is 0.358 e. The first-order chi connectivity index (χ1) is 12.1. The zero-order chi connectivity index (χ0) is 18.2. The van der Waals surface area contributed by atoms with Crippen LogP contribution >= 0.6 is 23.2 Å². The molecule has 0 fully saturated rings. The standard InChI is InChI=1S/C19H23Cl2N3O/c1-2-4-13(11-23-12-25)9-15-10-14(7-8-18(15)24-22)19-16(20)5-3-6-17(19)21/h3,5-8,10,12-13,24H,2,4,9,11,22H2,1H3,(H,23,25). The normalized spacial score (nSPS) is 11.8. The smallest absolute Gasteiger partial charge is 0.207 e. The summed E-state index contributed by atoms with van der Waals surface area (Å²) in [6.07, 6.45) is 3.60. The first-order valence-corrected chi connectivity index (χ1v) is 9.07. The van der Waals surface area contributed by atoms with Gasteiger partial charge in [0.2, 0.25) is 6.41 Å². The van der Waals surface area contributed by atoms with Gasteiger partial charge in [0.1, 0.15) is 0 Å². The van der Waals surface area contributed by atoms with E-state index in [1.165, 1.54) is 0 Å². The second-order valence-electron chi connectivity index (χ2n) is 6.00. The molecular formula is C19H23Cl2N3O. The molecule has 0 heterocycles. The van der Waals surface area contributed by atoms with Crippen LogP contribution in [0.1, 0.15) is 25.3 Å². The molecule has 0 saturated carbocycles. The fourth-order valence-electron chi connectivity index (χ4n) is 3.04. The third-order valence-electron chi connectivity index (χ3n) is 4.21. The number of anilines is 1. The van der Waals surface area contributed by atoms with E-state index >= 15 is 0 Å². The molecule has 4 nitrogen and oxygen atoms in total. The highest BCUT2D eigenvalue weighted by Crippen LogP contribution is 2.36. The van der Waals surface area contributed by atoms with Crippen LogP contribution < -0.4 is 16.6 Å². The van der Waals surface area contributed by atoms with Gasteiger partial charge in [-0.1, -0.05) is 48.7 Å². The zero-order valence-electron chi connectivity index (χ0n) is 14.2. The van der Waals surface area contributed by atoms with E-state index in [2.05, 4.69) is 23.7 Å². The Morgan fingerprint density at radius 1 is 1.20 bits per heavy atom. The van der Waals surface area contributed by atoms with Crippen LogP contribution in [-0.2, 0) is 11.2 Å². The van der Waals surface area contributed by atoms with Gasteiger partial charge in [0.25, 0.3) is 0 Å². The maximum absolute atomic E-state index is 10.6. The van der Waals surface area contributed by atoms with Gasteiger partial charge < -0.3 is 10.7 Å². The summed E-state index contributed by atoms with van der Waals surface area (Å²) in [5, 5.41) is 4.00. The van der Waals surface area contributed by atoms with E-state index in [0.717, 1.165) is 48.1 Å². The van der Waals surface area contributed by atoms with Crippen molar-refractivity contribution in [3.63, 3.8) is 0 Å². The molecule has 0 aromatic heterocycles. The van der Waals surface area contributed by atoms with Crippen molar-refractivity contribution in [2.45, 2.75) is 26.2 Å². The Bertz CT molecular complexity index is 702. The molecule has 1 atom stereocenters. The SMILES string of the molecule is CCCC(CNC=O)Cc1cc(-c2c(Cl)cccc2Cl)ccc1NN. The van der Waals surface area contributed by atoms with Gasteiger partial charge in [0.15, 0.2) is 0 Å². The minimum Gasteiger partial charge on any atom is -0.358 e. The number of amides is 1. The van der Waals surface area contributed by atoms with Gasteiger partial charge in [-0.15, -0.1) is 0 Å². The summed E-state index contributed by atoms with van der Waals surface area (Å²) >= 11 is 12.7. The molecule has 1 amide bonds. The monoisotopic (exact) mass is 379 g/mol. The molecule has 4 N–H and O–H groups in total. The van der Waals surface area contributed by atoms with E-state index in [0.29, 0.717) is 22.5 Å². The average Bonchev–Trinajstić information content (AvgIpc) is 2.60. The van der Waals surface area contributed by atoms with Crippen LogP contribution in [0.2, 0.25) is 10.0 Å². The topological polar surface area (TPSA) is 67.2 Å². The molecule has 25 heavy (non-hydrogen) atoms. The molecule has 0 bridgehead atoms. The molecule has 2 rings (SSSR count). The van der Waals surface area contributed by atoms with E-state index in [9.17, 15) is 4.79 Å². The summed E-state index contributed by atoms with van der Waals surface area (Å²) in [4.78, 5) is 10.6. The fourth-order valence-corrected chi connectivity index (χ4v) is 3.66. The van der Waals surface area contributed by atoms with Crippen molar-refractivity contribution in [3.05, 3.63) is 52.0 Å². The van der Waals surface area contributed by atoms with Crippen LogP contribution in [0.25, 0.3) is 11.1 Å². The predicted octanol–water partition coefficient (Wildman–Crippen LogP) is 4.65. The number of hydrazine groups is 1. The minimum absolute atomic E-state index is 0.333. The molecule has 6 heteroatoms. The average molecular weight is 380 g/mol. The van der Waals surface area contributed by atoms with Gasteiger partial charge >= 0.3 is 0 Å².